The fraction of sp³-hybridized carbons (Fsp3) is 0.286. The highest BCUT2D eigenvalue weighted by molar-refractivity contribution is 5.30. The fourth-order valence-electron chi connectivity index (χ4n) is 1.89. The van der Waals surface area contributed by atoms with Gasteiger partial charge in [0.2, 0.25) is 5.88 Å². The second-order valence-corrected chi connectivity index (χ2v) is 4.20. The summed E-state index contributed by atoms with van der Waals surface area (Å²) in [6, 6.07) is 11.7. The molecule has 3 N–H and O–H groups in total. The summed E-state index contributed by atoms with van der Waals surface area (Å²) in [5.41, 5.74) is 5.87. The average Bonchev–Trinajstić information content (AvgIpc) is 2.49. The van der Waals surface area contributed by atoms with Crippen LogP contribution in [0.5, 0.6) is 5.88 Å². The summed E-state index contributed by atoms with van der Waals surface area (Å²) in [5.74, 6) is 6.12. The number of benzene rings is 1. The maximum absolute atomic E-state index is 5.63. The largest absolute Gasteiger partial charge is 0.480 e. The summed E-state index contributed by atoms with van der Waals surface area (Å²) in [6.07, 6.45) is 1.02. The van der Waals surface area contributed by atoms with Crippen LogP contribution in [0.15, 0.2) is 36.4 Å². The molecule has 0 bridgehead atoms. The molecule has 5 heteroatoms. The Morgan fingerprint density at radius 3 is 2.37 bits per heavy atom. The van der Waals surface area contributed by atoms with Gasteiger partial charge in [-0.3, -0.25) is 5.84 Å². The molecule has 0 fully saturated rings. The van der Waals surface area contributed by atoms with E-state index < -0.39 is 0 Å². The van der Waals surface area contributed by atoms with Crippen LogP contribution in [0, 0.1) is 0 Å². The predicted molar refractivity (Wildman–Crippen MR) is 73.6 cm³/mol. The van der Waals surface area contributed by atoms with Crippen molar-refractivity contribution in [2.24, 2.45) is 5.84 Å². The second-order valence-electron chi connectivity index (χ2n) is 4.20. The van der Waals surface area contributed by atoms with E-state index in [-0.39, 0.29) is 6.04 Å². The minimum Gasteiger partial charge on any atom is -0.480 e. The van der Waals surface area contributed by atoms with E-state index in [0.29, 0.717) is 5.88 Å². The van der Waals surface area contributed by atoms with Gasteiger partial charge in [0.1, 0.15) is 0 Å². The molecule has 0 aliphatic heterocycles. The Balaban J connectivity index is 2.26. The molecule has 0 amide bonds. The lowest BCUT2D eigenvalue weighted by Crippen LogP contribution is -2.29. The van der Waals surface area contributed by atoms with E-state index >= 15 is 0 Å². The lowest BCUT2D eigenvalue weighted by atomic mass is 10.0. The van der Waals surface area contributed by atoms with Crippen LogP contribution in [0.3, 0.4) is 0 Å². The SMILES string of the molecule is CCc1ccc(C(NN)c2ccc(OC)nn2)cc1. The van der Waals surface area contributed by atoms with Crippen molar-refractivity contribution in [1.29, 1.82) is 0 Å². The molecular formula is C14H18N4O. The summed E-state index contributed by atoms with van der Waals surface area (Å²) in [5, 5.41) is 8.08. The van der Waals surface area contributed by atoms with Crippen LogP contribution < -0.4 is 16.0 Å². The highest BCUT2D eigenvalue weighted by Crippen LogP contribution is 2.20. The molecule has 0 spiro atoms. The number of hydrogen-bond donors (Lipinski definition) is 2. The summed E-state index contributed by atoms with van der Waals surface area (Å²) >= 11 is 0. The third-order valence-electron chi connectivity index (χ3n) is 3.05. The first-order valence-corrected chi connectivity index (χ1v) is 6.21. The smallest absolute Gasteiger partial charge is 0.233 e. The highest BCUT2D eigenvalue weighted by Gasteiger charge is 2.14. The van der Waals surface area contributed by atoms with E-state index in [2.05, 4.69) is 46.8 Å². The van der Waals surface area contributed by atoms with E-state index in [0.717, 1.165) is 17.7 Å². The van der Waals surface area contributed by atoms with Crippen molar-refractivity contribution in [1.82, 2.24) is 15.6 Å². The molecule has 100 valence electrons. The van der Waals surface area contributed by atoms with E-state index in [1.807, 2.05) is 6.07 Å². The first kappa shape index (κ1) is 13.5. The number of aryl methyl sites for hydroxylation is 1. The topological polar surface area (TPSA) is 73.1 Å². The van der Waals surface area contributed by atoms with Gasteiger partial charge in [-0.1, -0.05) is 31.2 Å². The number of nitrogens with zero attached hydrogens (tertiary/aromatic N) is 2. The summed E-state index contributed by atoms with van der Waals surface area (Å²) in [6.45, 7) is 2.13. The van der Waals surface area contributed by atoms with Crippen LogP contribution in [0.25, 0.3) is 0 Å². The molecule has 0 saturated carbocycles. The van der Waals surface area contributed by atoms with Crippen molar-refractivity contribution in [2.45, 2.75) is 19.4 Å². The molecule has 1 atom stereocenters. The zero-order valence-corrected chi connectivity index (χ0v) is 11.1. The molecule has 1 aromatic heterocycles. The Bertz CT molecular complexity index is 462. The van der Waals surface area contributed by atoms with Crippen LogP contribution in [-0.2, 0) is 6.42 Å². The molecule has 0 aliphatic rings. The predicted octanol–water partition coefficient (Wildman–Crippen LogP) is 1.60. The van der Waals surface area contributed by atoms with Gasteiger partial charge in [-0.05, 0) is 23.6 Å². The Labute approximate surface area is 112 Å². The molecule has 5 nitrogen and oxygen atoms in total. The average molecular weight is 258 g/mol. The van der Waals surface area contributed by atoms with Crippen LogP contribution >= 0.6 is 0 Å². The van der Waals surface area contributed by atoms with Gasteiger partial charge in [-0.25, -0.2) is 5.43 Å². The number of methoxy groups -OCH3 is 1. The summed E-state index contributed by atoms with van der Waals surface area (Å²) < 4.78 is 4.99. The van der Waals surface area contributed by atoms with E-state index in [4.69, 9.17) is 10.6 Å². The molecule has 2 aromatic rings. The van der Waals surface area contributed by atoms with Gasteiger partial charge in [-0.2, -0.15) is 0 Å². The third-order valence-corrected chi connectivity index (χ3v) is 3.05. The summed E-state index contributed by atoms with van der Waals surface area (Å²) in [7, 11) is 1.56. The highest BCUT2D eigenvalue weighted by atomic mass is 16.5. The molecule has 0 radical (unpaired) electrons. The minimum atomic E-state index is -0.177. The maximum Gasteiger partial charge on any atom is 0.233 e. The zero-order chi connectivity index (χ0) is 13.7. The van der Waals surface area contributed by atoms with Crippen molar-refractivity contribution in [2.75, 3.05) is 7.11 Å². The van der Waals surface area contributed by atoms with Crippen LogP contribution in [-0.4, -0.2) is 17.3 Å². The van der Waals surface area contributed by atoms with Crippen molar-refractivity contribution in [3.8, 4) is 5.88 Å². The summed E-state index contributed by atoms with van der Waals surface area (Å²) in [4.78, 5) is 0. The van der Waals surface area contributed by atoms with Gasteiger partial charge >= 0.3 is 0 Å². The fourth-order valence-corrected chi connectivity index (χ4v) is 1.89. The van der Waals surface area contributed by atoms with Crippen molar-refractivity contribution in [3.05, 3.63) is 53.2 Å². The first-order chi connectivity index (χ1) is 9.28. The van der Waals surface area contributed by atoms with Crippen molar-refractivity contribution >= 4 is 0 Å². The van der Waals surface area contributed by atoms with E-state index in [1.54, 1.807) is 13.2 Å². The van der Waals surface area contributed by atoms with Crippen molar-refractivity contribution < 1.29 is 4.74 Å². The van der Waals surface area contributed by atoms with Gasteiger partial charge in [0.25, 0.3) is 0 Å². The van der Waals surface area contributed by atoms with E-state index in [9.17, 15) is 0 Å². The van der Waals surface area contributed by atoms with Crippen LogP contribution in [0.1, 0.15) is 29.8 Å². The number of ether oxygens (including phenoxy) is 1. The monoisotopic (exact) mass is 258 g/mol. The standard InChI is InChI=1S/C14H18N4O/c1-3-10-4-6-11(7-5-10)14(16-15)12-8-9-13(19-2)18-17-12/h4-9,14,16H,3,15H2,1-2H3. The van der Waals surface area contributed by atoms with Gasteiger partial charge in [0, 0.05) is 6.07 Å². The van der Waals surface area contributed by atoms with Gasteiger partial charge in [0.15, 0.2) is 0 Å². The second kappa shape index (κ2) is 6.26. The Hall–Kier alpha value is -1.98. The van der Waals surface area contributed by atoms with Gasteiger partial charge < -0.3 is 4.74 Å². The first-order valence-electron chi connectivity index (χ1n) is 6.21. The number of rotatable bonds is 5. The minimum absolute atomic E-state index is 0.177. The molecule has 0 saturated heterocycles. The Morgan fingerprint density at radius 2 is 1.89 bits per heavy atom. The Kier molecular flexibility index (Phi) is 4.43. The molecule has 19 heavy (non-hydrogen) atoms. The molecule has 2 rings (SSSR count). The lowest BCUT2D eigenvalue weighted by Gasteiger charge is -2.15. The Morgan fingerprint density at radius 1 is 1.16 bits per heavy atom. The number of hydrogen-bond acceptors (Lipinski definition) is 5. The van der Waals surface area contributed by atoms with Gasteiger partial charge in [-0.15, -0.1) is 10.2 Å². The lowest BCUT2D eigenvalue weighted by molar-refractivity contribution is 0.390. The van der Waals surface area contributed by atoms with Crippen molar-refractivity contribution in [3.63, 3.8) is 0 Å². The van der Waals surface area contributed by atoms with Crippen LogP contribution in [0.2, 0.25) is 0 Å². The maximum atomic E-state index is 5.63. The quantitative estimate of drug-likeness (QED) is 0.629. The number of nitrogens with two attached hydrogens (primary N) is 1. The number of aromatic nitrogens is 2. The number of nitrogens with one attached hydrogen (secondary N) is 1. The molecular weight excluding hydrogens is 240 g/mol. The van der Waals surface area contributed by atoms with E-state index in [1.165, 1.54) is 5.56 Å². The van der Waals surface area contributed by atoms with Gasteiger partial charge in [0.05, 0.1) is 18.8 Å². The zero-order valence-electron chi connectivity index (χ0n) is 11.1. The van der Waals surface area contributed by atoms with Crippen LogP contribution in [0.4, 0.5) is 0 Å². The molecule has 0 aliphatic carbocycles. The molecule has 1 unspecified atom stereocenters. The normalized spacial score (nSPS) is 12.2. The number of hydrazine groups is 1. The molecule has 1 heterocycles. The third kappa shape index (κ3) is 3.07. The molecule has 1 aromatic carbocycles.